The summed E-state index contributed by atoms with van der Waals surface area (Å²) in [5.74, 6) is 0.744. The van der Waals surface area contributed by atoms with Gasteiger partial charge in [-0.15, -0.1) is 4.36 Å². The molecule has 106 valence electrons. The molecule has 0 rings (SSSR count). The van der Waals surface area contributed by atoms with Gasteiger partial charge in [0.25, 0.3) is 0 Å². The first-order chi connectivity index (χ1) is 8.60. The predicted octanol–water partition coefficient (Wildman–Crippen LogP) is 5.02. The summed E-state index contributed by atoms with van der Waals surface area (Å²) in [6.45, 7) is 6.63. The van der Waals surface area contributed by atoms with Crippen molar-refractivity contribution in [2.75, 3.05) is 0 Å². The quantitative estimate of drug-likeness (QED) is 0.525. The summed E-state index contributed by atoms with van der Waals surface area (Å²) in [6, 6.07) is 0. The van der Waals surface area contributed by atoms with Crippen LogP contribution in [0.15, 0.2) is 4.36 Å². The molecule has 0 aliphatic heterocycles. The maximum Gasteiger partial charge on any atom is 0.445 e. The average molecular weight is 273 g/mol. The van der Waals surface area contributed by atoms with Crippen molar-refractivity contribution in [3.8, 4) is 0 Å². The van der Waals surface area contributed by atoms with E-state index < -0.39 is 6.09 Å². The smallest absolute Gasteiger partial charge is 0.444 e. The maximum absolute atomic E-state index is 11.1. The van der Waals surface area contributed by atoms with E-state index in [9.17, 15) is 4.79 Å². The van der Waals surface area contributed by atoms with Gasteiger partial charge in [0.05, 0.1) is 0 Å². The Kier molecular flexibility index (Phi) is 11.2. The lowest BCUT2D eigenvalue weighted by Crippen LogP contribution is -2.16. The molecule has 0 aromatic heterocycles. The van der Waals surface area contributed by atoms with E-state index in [0.717, 1.165) is 31.6 Å². The van der Waals surface area contributed by atoms with Gasteiger partial charge >= 0.3 is 6.09 Å². The van der Waals surface area contributed by atoms with Gasteiger partial charge in [-0.3, -0.25) is 0 Å². The zero-order valence-corrected chi connectivity index (χ0v) is 12.8. The first-order valence-electron chi connectivity index (χ1n) is 7.14. The van der Waals surface area contributed by atoms with E-state index in [0.29, 0.717) is 0 Å². The van der Waals surface area contributed by atoms with Crippen LogP contribution in [0.5, 0.6) is 0 Å². The zero-order chi connectivity index (χ0) is 13.8. The summed E-state index contributed by atoms with van der Waals surface area (Å²) < 4.78 is 8.38. The van der Waals surface area contributed by atoms with Crippen LogP contribution in [0.2, 0.25) is 0 Å². The van der Waals surface area contributed by atoms with E-state index in [1.807, 2.05) is 0 Å². The molecule has 0 saturated carbocycles. The van der Waals surface area contributed by atoms with Crippen LogP contribution in [0, 0.1) is 5.92 Å². The second kappa shape index (κ2) is 11.6. The van der Waals surface area contributed by atoms with Crippen molar-refractivity contribution in [2.24, 2.45) is 10.3 Å². The molecule has 0 N–H and O–H groups in total. The number of unbranched alkanes of at least 4 members (excludes halogenated alkanes) is 3. The highest BCUT2D eigenvalue weighted by molar-refractivity contribution is 7.47. The molecule has 1 atom stereocenters. The van der Waals surface area contributed by atoms with Crippen LogP contribution >= 0.6 is 0 Å². The summed E-state index contributed by atoms with van der Waals surface area (Å²) in [4.78, 5) is 11.1. The molecule has 0 aliphatic carbocycles. The van der Waals surface area contributed by atoms with Crippen molar-refractivity contribution in [3.05, 3.63) is 0 Å². The van der Waals surface area contributed by atoms with Crippen molar-refractivity contribution in [1.82, 2.24) is 0 Å². The standard InChI is InChI=1S/C14H27NO2S/c1-4-5-6-10-13(17-14(16)15-18)11-8-7-9-12(2)3/h12-13H,4-11H2,1-3H3. The monoisotopic (exact) mass is 273 g/mol. The summed E-state index contributed by atoms with van der Waals surface area (Å²) in [6.07, 6.45) is 8.29. The third kappa shape index (κ3) is 10.6. The van der Waals surface area contributed by atoms with Crippen molar-refractivity contribution in [3.63, 3.8) is 0 Å². The Bertz CT molecular complexity index is 232. The van der Waals surface area contributed by atoms with Crippen molar-refractivity contribution < 1.29 is 9.53 Å². The number of ether oxygens (including phenoxy) is 1. The van der Waals surface area contributed by atoms with Gasteiger partial charge in [0.1, 0.15) is 6.10 Å². The van der Waals surface area contributed by atoms with Crippen LogP contribution in [0.4, 0.5) is 4.79 Å². The lowest BCUT2D eigenvalue weighted by molar-refractivity contribution is 0.0931. The molecule has 0 aliphatic rings. The van der Waals surface area contributed by atoms with Crippen molar-refractivity contribution >= 4 is 18.5 Å². The van der Waals surface area contributed by atoms with Crippen LogP contribution in [-0.4, -0.2) is 12.2 Å². The normalized spacial score (nSPS) is 12.4. The number of nitrogens with zero attached hydrogens (tertiary/aromatic N) is 1. The zero-order valence-electron chi connectivity index (χ0n) is 12.0. The fraction of sp³-hybridized carbons (Fsp3) is 0.929. The highest BCUT2D eigenvalue weighted by atomic mass is 32.1. The number of carbonyl (C=O) groups excluding carboxylic acids is 1. The molecule has 1 unspecified atom stereocenters. The summed E-state index contributed by atoms with van der Waals surface area (Å²) in [5.41, 5.74) is 0. The Labute approximate surface area is 117 Å². The number of amides is 1. The van der Waals surface area contributed by atoms with Crippen LogP contribution in [-0.2, 0) is 17.2 Å². The number of hydrogen-bond acceptors (Lipinski definition) is 3. The number of hydrogen-bond donors (Lipinski definition) is 0. The first-order valence-corrected chi connectivity index (χ1v) is 7.50. The fourth-order valence-electron chi connectivity index (χ4n) is 1.97. The first kappa shape index (κ1) is 17.5. The molecule has 0 aromatic carbocycles. The summed E-state index contributed by atoms with van der Waals surface area (Å²) >= 11 is 4.35. The summed E-state index contributed by atoms with van der Waals surface area (Å²) in [5, 5.41) is 0. The predicted molar refractivity (Wildman–Crippen MR) is 77.5 cm³/mol. The molecule has 0 aromatic rings. The van der Waals surface area contributed by atoms with Gasteiger partial charge in [-0.1, -0.05) is 46.5 Å². The molecular formula is C14H27NO2S. The number of carbonyl (C=O) groups is 1. The minimum absolute atomic E-state index is 0.00270. The summed E-state index contributed by atoms with van der Waals surface area (Å²) in [7, 11) is 0. The maximum atomic E-state index is 11.1. The third-order valence-electron chi connectivity index (χ3n) is 3.03. The van der Waals surface area contributed by atoms with Crippen LogP contribution in [0.1, 0.15) is 72.1 Å². The Balaban J connectivity index is 3.87. The second-order valence-electron chi connectivity index (χ2n) is 5.27. The van der Waals surface area contributed by atoms with Gasteiger partial charge in [-0.05, 0) is 31.6 Å². The largest absolute Gasteiger partial charge is 0.445 e. The topological polar surface area (TPSA) is 38.7 Å². The Morgan fingerprint density at radius 2 is 1.67 bits per heavy atom. The van der Waals surface area contributed by atoms with E-state index in [4.69, 9.17) is 4.74 Å². The minimum Gasteiger partial charge on any atom is -0.444 e. The molecule has 3 nitrogen and oxygen atoms in total. The van der Waals surface area contributed by atoms with Crippen molar-refractivity contribution in [1.29, 1.82) is 0 Å². The van der Waals surface area contributed by atoms with E-state index in [-0.39, 0.29) is 6.10 Å². The van der Waals surface area contributed by atoms with Gasteiger partial charge in [0.15, 0.2) is 0 Å². The Morgan fingerprint density at radius 1 is 1.11 bits per heavy atom. The molecule has 0 fully saturated rings. The third-order valence-corrected chi connectivity index (χ3v) is 3.18. The van der Waals surface area contributed by atoms with E-state index in [2.05, 4.69) is 37.6 Å². The van der Waals surface area contributed by atoms with Gasteiger partial charge in [0, 0.05) is 12.4 Å². The molecule has 0 spiro atoms. The highest BCUT2D eigenvalue weighted by Gasteiger charge is 2.13. The molecule has 0 radical (unpaired) electrons. The van der Waals surface area contributed by atoms with Crippen LogP contribution < -0.4 is 0 Å². The lowest BCUT2D eigenvalue weighted by atomic mass is 10.0. The van der Waals surface area contributed by atoms with E-state index in [1.165, 1.54) is 25.7 Å². The second-order valence-corrected chi connectivity index (χ2v) is 5.45. The van der Waals surface area contributed by atoms with Gasteiger partial charge in [0.2, 0.25) is 0 Å². The Hall–Kier alpha value is -0.510. The molecular weight excluding hydrogens is 246 g/mol. The molecule has 1 amide bonds. The van der Waals surface area contributed by atoms with Gasteiger partial charge in [-0.25, -0.2) is 4.79 Å². The molecule has 18 heavy (non-hydrogen) atoms. The molecule has 4 heteroatoms. The fourth-order valence-corrected chi connectivity index (χ4v) is 2.02. The average Bonchev–Trinajstić information content (AvgIpc) is 2.34. The van der Waals surface area contributed by atoms with E-state index >= 15 is 0 Å². The van der Waals surface area contributed by atoms with Crippen molar-refractivity contribution in [2.45, 2.75) is 78.2 Å². The minimum atomic E-state index is -0.602. The highest BCUT2D eigenvalue weighted by Crippen LogP contribution is 2.16. The lowest BCUT2D eigenvalue weighted by Gasteiger charge is -2.16. The van der Waals surface area contributed by atoms with Gasteiger partial charge in [-0.2, -0.15) is 0 Å². The van der Waals surface area contributed by atoms with Gasteiger partial charge < -0.3 is 4.74 Å². The SMILES string of the molecule is CCCCCC(CCCCC(C)C)OC(=O)N=S. The number of rotatable bonds is 10. The van der Waals surface area contributed by atoms with E-state index in [1.54, 1.807) is 0 Å². The molecule has 0 saturated heterocycles. The molecule has 0 bridgehead atoms. The van der Waals surface area contributed by atoms with Crippen LogP contribution in [0.25, 0.3) is 0 Å². The Morgan fingerprint density at radius 3 is 2.17 bits per heavy atom. The molecule has 0 heterocycles. The van der Waals surface area contributed by atoms with Crippen LogP contribution in [0.3, 0.4) is 0 Å².